The zero-order valence-electron chi connectivity index (χ0n) is 5.65. The van der Waals surface area contributed by atoms with E-state index in [-0.39, 0.29) is 0 Å². The van der Waals surface area contributed by atoms with Crippen molar-refractivity contribution in [3.05, 3.63) is 46.8 Å². The zero-order chi connectivity index (χ0) is 7.84. The lowest BCUT2D eigenvalue weighted by molar-refractivity contribution is -0.161. The Morgan fingerprint density at radius 3 is 2.82 bits per heavy atom. The lowest BCUT2D eigenvalue weighted by atomic mass is 10.2. The molecule has 0 saturated heterocycles. The Labute approximate surface area is 65.1 Å². The molecule has 11 heavy (non-hydrogen) atoms. The van der Waals surface area contributed by atoms with Crippen LogP contribution in [-0.4, -0.2) is 0 Å². The molecule has 2 aliphatic rings. The molecule has 1 atom stereocenters. The van der Waals surface area contributed by atoms with E-state index in [1.165, 1.54) is 0 Å². The summed E-state index contributed by atoms with van der Waals surface area (Å²) < 4.78 is 10.6. The van der Waals surface area contributed by atoms with Crippen LogP contribution in [0.2, 0.25) is 0 Å². The third-order valence-corrected chi connectivity index (χ3v) is 2.53. The van der Waals surface area contributed by atoms with Gasteiger partial charge in [-0.25, -0.2) is 0 Å². The minimum absolute atomic E-state index is 0.431. The summed E-state index contributed by atoms with van der Waals surface area (Å²) in [5.41, 5.74) is 1.83. The maximum Gasteiger partial charge on any atom is 0.349 e. The van der Waals surface area contributed by atoms with Crippen molar-refractivity contribution in [2.75, 3.05) is 0 Å². The molecule has 2 rings (SSSR count). The van der Waals surface area contributed by atoms with E-state index in [2.05, 4.69) is 0 Å². The summed E-state index contributed by atoms with van der Waals surface area (Å²) >= 11 is 0. The fourth-order valence-electron chi connectivity index (χ4n) is 1.23. The second kappa shape index (κ2) is 2.26. The summed E-state index contributed by atoms with van der Waals surface area (Å²) in [6.45, 7) is 0. The van der Waals surface area contributed by atoms with Gasteiger partial charge >= 0.3 is 8.03 Å². The number of rotatable bonds is 1. The van der Waals surface area contributed by atoms with Gasteiger partial charge in [0.1, 0.15) is 0 Å². The van der Waals surface area contributed by atoms with Gasteiger partial charge in [0, 0.05) is 5.57 Å². The summed E-state index contributed by atoms with van der Waals surface area (Å²) in [4.78, 5) is 10.6. The normalized spacial score (nSPS) is 20.8. The Hall–Kier alpha value is -0.980. The molecule has 0 aromatic rings. The summed E-state index contributed by atoms with van der Waals surface area (Å²) in [6.07, 6.45) is 9.02. The Morgan fingerprint density at radius 1 is 1.27 bits per heavy atom. The van der Waals surface area contributed by atoms with Gasteiger partial charge in [-0.3, -0.25) is 0 Å². The lowest BCUT2D eigenvalue weighted by Crippen LogP contribution is -1.90. The van der Waals surface area contributed by atoms with E-state index in [4.69, 9.17) is 0 Å². The smallest absolute Gasteiger partial charge is 0.349 e. The van der Waals surface area contributed by atoms with Crippen LogP contribution in [0.4, 0.5) is 0 Å². The summed E-state index contributed by atoms with van der Waals surface area (Å²) in [5.74, 6) is 0. The molecule has 0 amide bonds. The molecule has 0 aromatic carbocycles. The van der Waals surface area contributed by atoms with Gasteiger partial charge in [-0.2, -0.15) is 0 Å². The fraction of sp³-hybridized carbons (Fsp3) is 0. The van der Waals surface area contributed by atoms with Crippen molar-refractivity contribution in [3.8, 4) is 0 Å². The number of allylic oxidation sites excluding steroid dienone is 8. The molecule has 0 aromatic heterocycles. The van der Waals surface area contributed by atoms with Gasteiger partial charge in [0.15, 0.2) is 5.31 Å². The first-order chi connectivity index (χ1) is 5.29. The first-order valence-corrected chi connectivity index (χ1v) is 4.42. The molecule has 3 heteroatoms. The van der Waals surface area contributed by atoms with E-state index in [0.717, 1.165) is 11.1 Å². The highest BCUT2D eigenvalue weighted by Crippen LogP contribution is 2.40. The van der Waals surface area contributed by atoms with Gasteiger partial charge in [-0.1, -0.05) is 16.7 Å². The fourth-order valence-corrected chi connectivity index (χ4v) is 1.83. The van der Waals surface area contributed by atoms with Gasteiger partial charge in [-0.15, -0.1) is 0 Å². The van der Waals surface area contributed by atoms with Crippen LogP contribution >= 0.6 is 8.03 Å². The topological polar surface area (TPSA) is 40.1 Å². The highest BCUT2D eigenvalue weighted by atomic mass is 31.1. The molecule has 0 heterocycles. The number of hydrogen-bond acceptors (Lipinski definition) is 2. The molecule has 2 aliphatic carbocycles. The second-order valence-corrected chi connectivity index (χ2v) is 3.37. The number of fused-ring (bicyclic) bond motifs is 1. The second-order valence-electron chi connectivity index (χ2n) is 2.37. The van der Waals surface area contributed by atoms with Crippen LogP contribution in [-0.2, 0) is 4.57 Å². The van der Waals surface area contributed by atoms with Crippen molar-refractivity contribution in [1.29, 1.82) is 0 Å². The van der Waals surface area contributed by atoms with Gasteiger partial charge in [0.2, 0.25) is 0 Å². The number of hydrogen-bond donors (Lipinski definition) is 0. The van der Waals surface area contributed by atoms with Crippen LogP contribution in [0.25, 0.3) is 0 Å². The summed E-state index contributed by atoms with van der Waals surface area (Å²) in [5, 5.41) is 0.431. The van der Waals surface area contributed by atoms with Crippen LogP contribution in [0.1, 0.15) is 0 Å². The van der Waals surface area contributed by atoms with Crippen molar-refractivity contribution < 1.29 is 9.46 Å². The van der Waals surface area contributed by atoms with Crippen molar-refractivity contribution >= 4 is 8.03 Å². The molecule has 0 saturated carbocycles. The van der Waals surface area contributed by atoms with Crippen molar-refractivity contribution in [2.24, 2.45) is 0 Å². The third-order valence-electron chi connectivity index (χ3n) is 1.74. The molecule has 54 valence electrons. The van der Waals surface area contributed by atoms with E-state index >= 15 is 0 Å². The molecular weight excluding hydrogens is 159 g/mol. The highest BCUT2D eigenvalue weighted by molar-refractivity contribution is 7.42. The van der Waals surface area contributed by atoms with E-state index in [9.17, 15) is 9.46 Å². The molecule has 2 nitrogen and oxygen atoms in total. The van der Waals surface area contributed by atoms with Crippen LogP contribution in [0.3, 0.4) is 0 Å². The van der Waals surface area contributed by atoms with Crippen LogP contribution in [0.15, 0.2) is 46.8 Å². The maximum atomic E-state index is 10.6. The predicted molar refractivity (Wildman–Crippen MR) is 41.0 cm³/mol. The molecule has 0 aliphatic heterocycles. The first kappa shape index (κ1) is 6.71. The summed E-state index contributed by atoms with van der Waals surface area (Å²) in [6, 6.07) is 0. The van der Waals surface area contributed by atoms with Gasteiger partial charge < -0.3 is 4.89 Å². The average molecular weight is 164 g/mol. The molecule has 0 N–H and O–H groups in total. The minimum Gasteiger partial charge on any atom is -0.591 e. The predicted octanol–water partition coefficient (Wildman–Crippen LogP) is 1.41. The van der Waals surface area contributed by atoms with Gasteiger partial charge in [0.25, 0.3) is 0 Å². The molecule has 0 radical (unpaired) electrons. The SMILES string of the molecule is O=[P+]([O-])C1=CC=C2C=CC=C21. The molecule has 0 bridgehead atoms. The lowest BCUT2D eigenvalue weighted by Gasteiger charge is -1.93. The average Bonchev–Trinajstić information content (AvgIpc) is 2.41. The van der Waals surface area contributed by atoms with E-state index in [0.29, 0.717) is 5.31 Å². The van der Waals surface area contributed by atoms with Gasteiger partial charge in [0.05, 0.1) is 0 Å². The van der Waals surface area contributed by atoms with E-state index in [1.807, 2.05) is 24.3 Å². The Bertz CT molecular complexity index is 345. The van der Waals surface area contributed by atoms with Crippen molar-refractivity contribution in [3.63, 3.8) is 0 Å². The third kappa shape index (κ3) is 0.917. The Kier molecular flexibility index (Phi) is 1.38. The van der Waals surface area contributed by atoms with Crippen molar-refractivity contribution in [1.82, 2.24) is 0 Å². The largest absolute Gasteiger partial charge is 0.591 e. The maximum absolute atomic E-state index is 10.6. The van der Waals surface area contributed by atoms with Crippen LogP contribution in [0.5, 0.6) is 0 Å². The Morgan fingerprint density at radius 2 is 2.09 bits per heavy atom. The Balaban J connectivity index is 2.41. The van der Waals surface area contributed by atoms with Crippen LogP contribution in [0, 0.1) is 0 Å². The molecule has 0 spiro atoms. The summed E-state index contributed by atoms with van der Waals surface area (Å²) in [7, 11) is -2.43. The minimum atomic E-state index is -2.43. The molecule has 0 fully saturated rings. The standard InChI is InChI=1S/C8H5O2P/c9-11(10)8-5-4-6-2-1-3-7(6)8/h1-5H. The van der Waals surface area contributed by atoms with E-state index < -0.39 is 8.03 Å². The molecular formula is C8H5O2P. The first-order valence-electron chi connectivity index (χ1n) is 3.24. The zero-order valence-corrected chi connectivity index (χ0v) is 6.54. The van der Waals surface area contributed by atoms with Crippen molar-refractivity contribution in [2.45, 2.75) is 0 Å². The van der Waals surface area contributed by atoms with Gasteiger partial charge in [-0.05, 0) is 23.8 Å². The molecule has 1 unspecified atom stereocenters. The highest BCUT2D eigenvalue weighted by Gasteiger charge is 2.25. The van der Waals surface area contributed by atoms with E-state index in [1.54, 1.807) is 6.08 Å². The quantitative estimate of drug-likeness (QED) is 0.549. The monoisotopic (exact) mass is 164 g/mol. The van der Waals surface area contributed by atoms with Crippen LogP contribution < -0.4 is 4.89 Å².